The van der Waals surface area contributed by atoms with Gasteiger partial charge in [-0.3, -0.25) is 4.79 Å². The number of carbonyl (C=O) groups excluding carboxylic acids is 1. The van der Waals surface area contributed by atoms with Gasteiger partial charge in [-0.05, 0) is 49.6 Å². The number of amides is 1. The third-order valence-corrected chi connectivity index (χ3v) is 5.19. The molecule has 152 valence electrons. The summed E-state index contributed by atoms with van der Waals surface area (Å²) in [5, 5.41) is 15.1. The summed E-state index contributed by atoms with van der Waals surface area (Å²) in [6.45, 7) is 4.00. The van der Waals surface area contributed by atoms with Crippen LogP contribution in [-0.4, -0.2) is 16.7 Å². The lowest BCUT2D eigenvalue weighted by Gasteiger charge is -2.13. The zero-order valence-corrected chi connectivity index (χ0v) is 17.1. The van der Waals surface area contributed by atoms with Crippen molar-refractivity contribution in [2.24, 2.45) is 5.10 Å². The second kappa shape index (κ2) is 8.25. The number of nitrogens with zero attached hydrogens (tertiary/aromatic N) is 3. The molecule has 0 radical (unpaired) electrons. The van der Waals surface area contributed by atoms with Crippen molar-refractivity contribution in [1.82, 2.24) is 9.99 Å². The fraction of sp³-hybridized carbons (Fsp3) is 0.0800. The second-order valence-electron chi connectivity index (χ2n) is 7.17. The van der Waals surface area contributed by atoms with Crippen LogP contribution in [0.5, 0.6) is 0 Å². The Balaban J connectivity index is 1.60. The summed E-state index contributed by atoms with van der Waals surface area (Å²) >= 11 is 0. The predicted molar refractivity (Wildman–Crippen MR) is 119 cm³/mol. The minimum Gasteiger partial charge on any atom is -0.317 e. The molecule has 0 aliphatic carbocycles. The number of nitriles is 1. The van der Waals surface area contributed by atoms with Crippen LogP contribution in [0, 0.1) is 31.0 Å². The highest BCUT2D eigenvalue weighted by Gasteiger charge is 2.13. The summed E-state index contributed by atoms with van der Waals surface area (Å²) in [6.07, 6.45) is 1.55. The first-order valence-corrected chi connectivity index (χ1v) is 9.69. The SMILES string of the molecule is Cc1cc(/C=N\NC(=O)c2ccc(C#N)cc2F)c(C)n1-c1cccc2ccccc12. The van der Waals surface area contributed by atoms with E-state index >= 15 is 0 Å². The molecule has 0 unspecified atom stereocenters. The highest BCUT2D eigenvalue weighted by atomic mass is 19.1. The lowest BCUT2D eigenvalue weighted by molar-refractivity contribution is 0.0951. The molecule has 4 aromatic rings. The van der Waals surface area contributed by atoms with E-state index in [4.69, 9.17) is 5.26 Å². The fourth-order valence-electron chi connectivity index (χ4n) is 3.68. The van der Waals surface area contributed by atoms with E-state index in [1.54, 1.807) is 6.21 Å². The van der Waals surface area contributed by atoms with E-state index in [-0.39, 0.29) is 11.1 Å². The van der Waals surface area contributed by atoms with Gasteiger partial charge in [0.1, 0.15) is 5.82 Å². The minimum absolute atomic E-state index is 0.151. The third-order valence-electron chi connectivity index (χ3n) is 5.19. The number of aromatic nitrogens is 1. The van der Waals surface area contributed by atoms with E-state index in [9.17, 15) is 9.18 Å². The number of aryl methyl sites for hydroxylation is 1. The van der Waals surface area contributed by atoms with Gasteiger partial charge in [0, 0.05) is 22.3 Å². The van der Waals surface area contributed by atoms with Gasteiger partial charge in [-0.1, -0.05) is 36.4 Å². The number of hydrogen-bond acceptors (Lipinski definition) is 3. The summed E-state index contributed by atoms with van der Waals surface area (Å²) in [5.41, 5.74) is 6.23. The molecule has 5 nitrogen and oxygen atoms in total. The first-order valence-electron chi connectivity index (χ1n) is 9.69. The first-order chi connectivity index (χ1) is 15.0. The van der Waals surface area contributed by atoms with Gasteiger partial charge >= 0.3 is 0 Å². The molecule has 3 aromatic carbocycles. The molecular weight excluding hydrogens is 391 g/mol. The summed E-state index contributed by atoms with van der Waals surface area (Å²) < 4.78 is 16.2. The number of carbonyl (C=O) groups is 1. The van der Waals surface area contributed by atoms with Crippen molar-refractivity contribution < 1.29 is 9.18 Å². The van der Waals surface area contributed by atoms with Crippen LogP contribution in [0.1, 0.15) is 32.9 Å². The molecule has 4 rings (SSSR count). The van der Waals surface area contributed by atoms with Gasteiger partial charge in [-0.15, -0.1) is 0 Å². The van der Waals surface area contributed by atoms with Crippen LogP contribution in [0.4, 0.5) is 4.39 Å². The Labute approximate surface area is 179 Å². The van der Waals surface area contributed by atoms with Gasteiger partial charge in [-0.25, -0.2) is 9.82 Å². The standard InChI is InChI=1S/C25H19FN4O/c1-16-12-20(15-28-29-25(31)22-11-10-18(14-27)13-23(22)26)17(2)30(16)24-9-5-7-19-6-3-4-8-21(19)24/h3-13,15H,1-2H3,(H,29,31)/b28-15-. The maximum atomic E-state index is 14.0. The quantitative estimate of drug-likeness (QED) is 0.379. The maximum Gasteiger partial charge on any atom is 0.274 e. The number of nitrogens with one attached hydrogen (secondary N) is 1. The number of rotatable bonds is 4. The molecule has 0 atom stereocenters. The predicted octanol–water partition coefficient (Wildman–Crippen LogP) is 5.02. The largest absolute Gasteiger partial charge is 0.317 e. The van der Waals surface area contributed by atoms with Crippen LogP contribution in [0.3, 0.4) is 0 Å². The molecule has 0 spiro atoms. The molecule has 0 fully saturated rings. The van der Waals surface area contributed by atoms with E-state index in [1.165, 1.54) is 12.1 Å². The molecule has 0 saturated heterocycles. The van der Waals surface area contributed by atoms with E-state index in [1.807, 2.05) is 44.2 Å². The molecule has 0 saturated carbocycles. The summed E-state index contributed by atoms with van der Waals surface area (Å²) in [6, 6.07) is 21.9. The molecule has 1 amide bonds. The minimum atomic E-state index is -0.763. The van der Waals surface area contributed by atoms with Crippen molar-refractivity contribution >= 4 is 22.9 Å². The molecule has 6 heteroatoms. The van der Waals surface area contributed by atoms with E-state index < -0.39 is 11.7 Å². The van der Waals surface area contributed by atoms with Crippen molar-refractivity contribution in [1.29, 1.82) is 5.26 Å². The van der Waals surface area contributed by atoms with Gasteiger partial charge in [0.05, 0.1) is 29.1 Å². The molecule has 0 aliphatic heterocycles. The van der Waals surface area contributed by atoms with E-state index in [0.29, 0.717) is 0 Å². The van der Waals surface area contributed by atoms with E-state index in [2.05, 4.69) is 39.4 Å². The van der Waals surface area contributed by atoms with Crippen LogP contribution in [-0.2, 0) is 0 Å². The molecular formula is C25H19FN4O. The maximum absolute atomic E-state index is 14.0. The molecule has 1 N–H and O–H groups in total. The zero-order valence-electron chi connectivity index (χ0n) is 17.1. The lowest BCUT2D eigenvalue weighted by Crippen LogP contribution is -2.19. The van der Waals surface area contributed by atoms with Crippen molar-refractivity contribution in [3.05, 3.63) is 101 Å². The van der Waals surface area contributed by atoms with Crippen LogP contribution < -0.4 is 5.43 Å². The summed E-state index contributed by atoms with van der Waals surface area (Å²) in [7, 11) is 0. The molecule has 1 aromatic heterocycles. The summed E-state index contributed by atoms with van der Waals surface area (Å²) in [5.74, 6) is -1.44. The normalized spacial score (nSPS) is 11.0. The Morgan fingerprint density at radius 2 is 1.87 bits per heavy atom. The van der Waals surface area contributed by atoms with Crippen molar-refractivity contribution in [3.8, 4) is 11.8 Å². The first kappa shape index (κ1) is 20.0. The third kappa shape index (κ3) is 3.81. The molecule has 0 bridgehead atoms. The molecule has 0 aliphatic rings. The van der Waals surface area contributed by atoms with E-state index in [0.717, 1.165) is 39.5 Å². The van der Waals surface area contributed by atoms with Gasteiger partial charge in [0.25, 0.3) is 5.91 Å². The number of hydrogen-bond donors (Lipinski definition) is 1. The van der Waals surface area contributed by atoms with Crippen LogP contribution in [0.25, 0.3) is 16.5 Å². The second-order valence-corrected chi connectivity index (χ2v) is 7.17. The average molecular weight is 410 g/mol. The Kier molecular flexibility index (Phi) is 5.33. The Hall–Kier alpha value is -4.24. The number of halogens is 1. The van der Waals surface area contributed by atoms with Crippen LogP contribution in [0.15, 0.2) is 71.8 Å². The van der Waals surface area contributed by atoms with Crippen LogP contribution >= 0.6 is 0 Å². The Morgan fingerprint density at radius 3 is 2.65 bits per heavy atom. The Bertz CT molecular complexity index is 1370. The molecule has 1 heterocycles. The average Bonchev–Trinajstić information content (AvgIpc) is 3.06. The van der Waals surface area contributed by atoms with Crippen molar-refractivity contribution in [3.63, 3.8) is 0 Å². The van der Waals surface area contributed by atoms with Gasteiger partial charge in [0.15, 0.2) is 0 Å². The molecule has 31 heavy (non-hydrogen) atoms. The van der Waals surface area contributed by atoms with Crippen molar-refractivity contribution in [2.45, 2.75) is 13.8 Å². The number of fused-ring (bicyclic) bond motifs is 1. The van der Waals surface area contributed by atoms with Crippen molar-refractivity contribution in [2.75, 3.05) is 0 Å². The highest BCUT2D eigenvalue weighted by Crippen LogP contribution is 2.26. The smallest absolute Gasteiger partial charge is 0.274 e. The number of benzene rings is 3. The van der Waals surface area contributed by atoms with Gasteiger partial charge in [-0.2, -0.15) is 10.4 Å². The topological polar surface area (TPSA) is 70.2 Å². The van der Waals surface area contributed by atoms with Crippen LogP contribution in [0.2, 0.25) is 0 Å². The van der Waals surface area contributed by atoms with Gasteiger partial charge in [0.2, 0.25) is 0 Å². The fourth-order valence-corrected chi connectivity index (χ4v) is 3.68. The number of hydrazone groups is 1. The monoisotopic (exact) mass is 410 g/mol. The Morgan fingerprint density at radius 1 is 1.10 bits per heavy atom. The van der Waals surface area contributed by atoms with Gasteiger partial charge < -0.3 is 4.57 Å². The zero-order chi connectivity index (χ0) is 22.0. The highest BCUT2D eigenvalue weighted by molar-refractivity contribution is 5.95. The lowest BCUT2D eigenvalue weighted by atomic mass is 10.1. The summed E-state index contributed by atoms with van der Waals surface area (Å²) in [4.78, 5) is 12.2.